The lowest BCUT2D eigenvalue weighted by molar-refractivity contribution is -0.0839. The van der Waals surface area contributed by atoms with Gasteiger partial charge in [0.25, 0.3) is 6.43 Å². The Hall–Kier alpha value is -1.45. The molecule has 0 aromatic carbocycles. The number of pyridine rings is 1. The van der Waals surface area contributed by atoms with Crippen molar-refractivity contribution in [3.8, 4) is 0 Å². The van der Waals surface area contributed by atoms with E-state index in [0.29, 0.717) is 36.8 Å². The number of carbonyl (C=O) groups excluding carboxylic acids is 1. The van der Waals surface area contributed by atoms with Crippen LogP contribution in [-0.2, 0) is 16.1 Å². The van der Waals surface area contributed by atoms with Gasteiger partial charge >= 0.3 is 6.09 Å². The molecule has 0 N–H and O–H groups in total. The maximum Gasteiger partial charge on any atom is 0.410 e. The Morgan fingerprint density at radius 3 is 2.42 bits per heavy atom. The van der Waals surface area contributed by atoms with Crippen molar-refractivity contribution in [1.82, 2.24) is 14.2 Å². The molecule has 0 saturated carbocycles. The monoisotopic (exact) mass is 387 g/mol. The van der Waals surface area contributed by atoms with Crippen molar-refractivity contribution in [3.63, 3.8) is 0 Å². The summed E-state index contributed by atoms with van der Waals surface area (Å²) < 4.78 is 45.1. The van der Waals surface area contributed by atoms with E-state index in [1.165, 1.54) is 12.1 Å². The number of aromatic nitrogens is 1. The Labute approximate surface area is 154 Å². The number of aryl methyl sites for hydroxylation is 1. The third-order valence-corrected chi connectivity index (χ3v) is 5.97. The number of alkyl halides is 2. The van der Waals surface area contributed by atoms with Crippen LogP contribution in [0.15, 0.2) is 17.0 Å². The maximum atomic E-state index is 12.7. The van der Waals surface area contributed by atoms with E-state index < -0.39 is 23.4 Å². The van der Waals surface area contributed by atoms with Gasteiger partial charge in [0.05, 0.1) is 30.1 Å². The van der Waals surface area contributed by atoms with Gasteiger partial charge in [-0.1, -0.05) is 0 Å². The molecular formula is C17H23F2N3O3S. The zero-order valence-corrected chi connectivity index (χ0v) is 16.1. The molecule has 1 atom stereocenters. The van der Waals surface area contributed by atoms with Gasteiger partial charge < -0.3 is 14.2 Å². The molecule has 9 heteroatoms. The van der Waals surface area contributed by atoms with Crippen molar-refractivity contribution in [3.05, 3.63) is 23.5 Å². The van der Waals surface area contributed by atoms with Crippen LogP contribution in [0.25, 0.3) is 0 Å². The molecule has 0 radical (unpaired) electrons. The van der Waals surface area contributed by atoms with E-state index in [2.05, 4.69) is 4.98 Å². The lowest BCUT2D eigenvalue weighted by Gasteiger charge is -2.58. The van der Waals surface area contributed by atoms with Crippen molar-refractivity contribution in [2.24, 2.45) is 5.41 Å². The Balaban J connectivity index is 1.54. The van der Waals surface area contributed by atoms with Crippen LogP contribution in [0, 0.1) is 12.3 Å². The van der Waals surface area contributed by atoms with Crippen molar-refractivity contribution in [2.75, 3.05) is 26.2 Å². The average Bonchev–Trinajstić information content (AvgIpc) is 2.41. The standard InChI is InChI=1S/C17H23F2N3O3S/c1-11-13(6-5-12(20-11)14(18)19)26(24)22-9-17(10-22)7-21(8-17)15(23)25-16(2,3)4/h5-6,14H,7-10H2,1-4H3. The minimum absolute atomic E-state index is 0.0448. The SMILES string of the molecule is Cc1nc(C(F)F)ccc1[S+]([O-])N1CC2(CN(C(=O)OC(C)(C)C)C2)C1. The smallest absolute Gasteiger partial charge is 0.410 e. The molecule has 0 aliphatic carbocycles. The number of nitrogens with zero attached hydrogens (tertiary/aromatic N) is 3. The van der Waals surface area contributed by atoms with Crippen LogP contribution < -0.4 is 0 Å². The molecule has 0 bridgehead atoms. The highest BCUT2D eigenvalue weighted by molar-refractivity contribution is 7.89. The van der Waals surface area contributed by atoms with Crippen molar-refractivity contribution in [1.29, 1.82) is 0 Å². The Kier molecular flexibility index (Phi) is 4.91. The van der Waals surface area contributed by atoms with Crippen LogP contribution >= 0.6 is 0 Å². The summed E-state index contributed by atoms with van der Waals surface area (Å²) in [6.07, 6.45) is -2.97. The number of halogens is 2. The van der Waals surface area contributed by atoms with Gasteiger partial charge in [0, 0.05) is 18.5 Å². The summed E-state index contributed by atoms with van der Waals surface area (Å²) in [6.45, 7) is 9.40. The van der Waals surface area contributed by atoms with Crippen LogP contribution in [0.5, 0.6) is 0 Å². The molecule has 26 heavy (non-hydrogen) atoms. The molecule has 2 aliphatic heterocycles. The van der Waals surface area contributed by atoms with Gasteiger partial charge in [0.15, 0.2) is 4.90 Å². The number of hydrogen-bond acceptors (Lipinski definition) is 5. The fraction of sp³-hybridized carbons (Fsp3) is 0.647. The van der Waals surface area contributed by atoms with Crippen molar-refractivity contribution in [2.45, 2.75) is 44.6 Å². The zero-order chi connectivity index (χ0) is 19.3. The van der Waals surface area contributed by atoms with E-state index in [9.17, 15) is 18.1 Å². The third-order valence-electron chi connectivity index (χ3n) is 4.43. The minimum atomic E-state index is -2.64. The zero-order valence-electron chi connectivity index (χ0n) is 15.3. The lowest BCUT2D eigenvalue weighted by Crippen LogP contribution is -2.73. The second kappa shape index (κ2) is 6.61. The molecular weight excluding hydrogens is 364 g/mol. The molecule has 1 aromatic heterocycles. The number of ether oxygens (including phenoxy) is 1. The minimum Gasteiger partial charge on any atom is -0.593 e. The molecule has 3 rings (SSSR count). The fourth-order valence-corrected chi connectivity index (χ4v) is 4.79. The number of hydrogen-bond donors (Lipinski definition) is 0. The van der Waals surface area contributed by atoms with Crippen molar-refractivity contribution < 1.29 is 22.9 Å². The summed E-state index contributed by atoms with van der Waals surface area (Å²) >= 11 is -1.44. The normalized spacial score (nSPS) is 20.7. The van der Waals surface area contributed by atoms with Gasteiger partial charge in [0.2, 0.25) is 0 Å². The van der Waals surface area contributed by atoms with Gasteiger partial charge in [-0.05, 0) is 39.8 Å². The third kappa shape index (κ3) is 3.79. The fourth-order valence-electron chi connectivity index (χ4n) is 3.25. The Morgan fingerprint density at radius 1 is 1.31 bits per heavy atom. The van der Waals surface area contributed by atoms with Crippen LogP contribution in [-0.4, -0.2) is 56.6 Å². The highest BCUT2D eigenvalue weighted by atomic mass is 32.2. The van der Waals surface area contributed by atoms with Gasteiger partial charge in [-0.15, -0.1) is 4.31 Å². The molecule has 2 fully saturated rings. The van der Waals surface area contributed by atoms with Gasteiger partial charge in [0.1, 0.15) is 11.3 Å². The summed E-state index contributed by atoms with van der Waals surface area (Å²) in [5.74, 6) is 0. The van der Waals surface area contributed by atoms with E-state index in [1.807, 2.05) is 20.8 Å². The first kappa shape index (κ1) is 19.3. The summed E-state index contributed by atoms with van der Waals surface area (Å²) in [7, 11) is 0. The second-order valence-electron chi connectivity index (χ2n) is 8.00. The largest absolute Gasteiger partial charge is 0.593 e. The highest BCUT2D eigenvalue weighted by Crippen LogP contribution is 2.43. The van der Waals surface area contributed by atoms with E-state index in [0.717, 1.165) is 0 Å². The molecule has 6 nitrogen and oxygen atoms in total. The first-order valence-corrected chi connectivity index (χ1v) is 9.51. The van der Waals surface area contributed by atoms with Gasteiger partial charge in [-0.25, -0.2) is 18.6 Å². The summed E-state index contributed by atoms with van der Waals surface area (Å²) in [6, 6.07) is 2.67. The van der Waals surface area contributed by atoms with Crippen LogP contribution in [0.3, 0.4) is 0 Å². The first-order chi connectivity index (χ1) is 12.0. The molecule has 2 aliphatic rings. The number of carbonyl (C=O) groups is 1. The van der Waals surface area contributed by atoms with Crippen LogP contribution in [0.2, 0.25) is 0 Å². The molecule has 1 spiro atoms. The molecule has 144 valence electrons. The predicted molar refractivity (Wildman–Crippen MR) is 92.2 cm³/mol. The Bertz CT molecular complexity index is 697. The summed E-state index contributed by atoms with van der Waals surface area (Å²) in [5.41, 5.74) is -0.528. The van der Waals surface area contributed by atoms with E-state index in [-0.39, 0.29) is 17.2 Å². The topological polar surface area (TPSA) is 68.7 Å². The maximum absolute atomic E-state index is 12.7. The second-order valence-corrected chi connectivity index (χ2v) is 9.46. The Morgan fingerprint density at radius 2 is 1.92 bits per heavy atom. The van der Waals surface area contributed by atoms with E-state index in [4.69, 9.17) is 4.74 Å². The number of rotatable bonds is 3. The highest BCUT2D eigenvalue weighted by Gasteiger charge is 2.58. The van der Waals surface area contributed by atoms with Gasteiger partial charge in [-0.2, -0.15) is 0 Å². The molecule has 1 aromatic rings. The number of amides is 1. The molecule has 1 amide bonds. The van der Waals surface area contributed by atoms with E-state index in [1.54, 1.807) is 16.1 Å². The van der Waals surface area contributed by atoms with Crippen LogP contribution in [0.1, 0.15) is 38.6 Å². The predicted octanol–water partition coefficient (Wildman–Crippen LogP) is 2.90. The molecule has 1 unspecified atom stereocenters. The summed E-state index contributed by atoms with van der Waals surface area (Å²) in [5, 5.41) is 0. The van der Waals surface area contributed by atoms with Gasteiger partial charge in [-0.3, -0.25) is 0 Å². The number of likely N-dealkylation sites (tertiary alicyclic amines) is 1. The quantitative estimate of drug-likeness (QED) is 0.746. The molecule has 3 heterocycles. The van der Waals surface area contributed by atoms with Crippen molar-refractivity contribution >= 4 is 17.5 Å². The van der Waals surface area contributed by atoms with Crippen LogP contribution in [0.4, 0.5) is 13.6 Å². The average molecular weight is 387 g/mol. The summed E-state index contributed by atoms with van der Waals surface area (Å²) in [4.78, 5) is 17.9. The molecule has 2 saturated heterocycles. The lowest BCUT2D eigenvalue weighted by atomic mass is 9.75. The van der Waals surface area contributed by atoms with E-state index >= 15 is 0 Å². The first-order valence-electron chi connectivity index (χ1n) is 8.40.